The van der Waals surface area contributed by atoms with Crippen molar-refractivity contribution in [3.8, 4) is 0 Å². The number of hydrogen-bond donors (Lipinski definition) is 1. The largest absolute Gasteiger partial charge is 0.396 e. The van der Waals surface area contributed by atoms with E-state index in [4.69, 9.17) is 5.11 Å². The predicted molar refractivity (Wildman–Crippen MR) is 57.3 cm³/mol. The van der Waals surface area contributed by atoms with E-state index in [1.807, 2.05) is 0 Å². The standard InChI is InChI=1S/C12H11F2NO/c13-12(14,6-8-16)10-5-7-15-11-4-2-1-3-9(10)11/h1-5,7,16H,6,8H2. The molecule has 4 heteroatoms. The second-order valence-corrected chi connectivity index (χ2v) is 3.55. The van der Waals surface area contributed by atoms with Gasteiger partial charge in [-0.05, 0) is 12.1 Å². The van der Waals surface area contributed by atoms with Crippen LogP contribution in [0.5, 0.6) is 0 Å². The van der Waals surface area contributed by atoms with E-state index < -0.39 is 19.0 Å². The number of aliphatic hydroxyl groups excluding tert-OH is 1. The van der Waals surface area contributed by atoms with Gasteiger partial charge in [-0.2, -0.15) is 0 Å². The lowest BCUT2D eigenvalue weighted by Gasteiger charge is -2.17. The van der Waals surface area contributed by atoms with E-state index >= 15 is 0 Å². The Morgan fingerprint density at radius 1 is 1.19 bits per heavy atom. The monoisotopic (exact) mass is 223 g/mol. The third kappa shape index (κ3) is 1.88. The lowest BCUT2D eigenvalue weighted by Crippen LogP contribution is -2.15. The van der Waals surface area contributed by atoms with Crippen LogP contribution in [0.4, 0.5) is 8.78 Å². The first-order valence-electron chi connectivity index (χ1n) is 4.98. The fourth-order valence-corrected chi connectivity index (χ4v) is 1.69. The Kier molecular flexibility index (Phi) is 2.83. The molecule has 0 unspecified atom stereocenters. The molecule has 1 heterocycles. The predicted octanol–water partition coefficient (Wildman–Crippen LogP) is 2.71. The van der Waals surface area contributed by atoms with Crippen LogP contribution in [0.25, 0.3) is 10.9 Å². The molecule has 0 aliphatic carbocycles. The molecule has 0 saturated carbocycles. The van der Waals surface area contributed by atoms with Crippen molar-refractivity contribution in [3.63, 3.8) is 0 Å². The van der Waals surface area contributed by atoms with Gasteiger partial charge in [-0.25, -0.2) is 8.78 Å². The average Bonchev–Trinajstić information content (AvgIpc) is 2.28. The van der Waals surface area contributed by atoms with Gasteiger partial charge in [0.2, 0.25) is 0 Å². The zero-order valence-electron chi connectivity index (χ0n) is 8.53. The highest BCUT2D eigenvalue weighted by atomic mass is 19.3. The van der Waals surface area contributed by atoms with Crippen LogP contribution >= 0.6 is 0 Å². The Hall–Kier alpha value is -1.55. The topological polar surface area (TPSA) is 33.1 Å². The maximum atomic E-state index is 13.7. The molecule has 2 rings (SSSR count). The van der Waals surface area contributed by atoms with E-state index in [9.17, 15) is 8.78 Å². The summed E-state index contributed by atoms with van der Waals surface area (Å²) in [5, 5.41) is 9.07. The third-order valence-electron chi connectivity index (χ3n) is 2.47. The van der Waals surface area contributed by atoms with Crippen LogP contribution in [0.2, 0.25) is 0 Å². The van der Waals surface area contributed by atoms with Gasteiger partial charge in [-0.1, -0.05) is 18.2 Å². The number of rotatable bonds is 3. The first kappa shape index (κ1) is 11.0. The zero-order chi connectivity index (χ0) is 11.6. The number of fused-ring (bicyclic) bond motifs is 1. The molecular formula is C12H11F2NO. The molecule has 1 N–H and O–H groups in total. The van der Waals surface area contributed by atoms with Crippen molar-refractivity contribution < 1.29 is 13.9 Å². The van der Waals surface area contributed by atoms with Crippen molar-refractivity contribution >= 4 is 10.9 Å². The van der Waals surface area contributed by atoms with Crippen LogP contribution in [-0.4, -0.2) is 16.7 Å². The maximum Gasteiger partial charge on any atom is 0.276 e. The minimum atomic E-state index is -3.02. The molecule has 0 aliphatic heterocycles. The Bertz CT molecular complexity index is 494. The van der Waals surface area contributed by atoms with Gasteiger partial charge in [0.05, 0.1) is 5.52 Å². The first-order chi connectivity index (χ1) is 7.65. The quantitative estimate of drug-likeness (QED) is 0.867. The van der Waals surface area contributed by atoms with Gasteiger partial charge < -0.3 is 5.11 Å². The summed E-state index contributed by atoms with van der Waals surface area (Å²) in [6.45, 7) is -0.538. The van der Waals surface area contributed by atoms with E-state index in [1.54, 1.807) is 24.3 Å². The maximum absolute atomic E-state index is 13.7. The number of nitrogens with zero attached hydrogens (tertiary/aromatic N) is 1. The SMILES string of the molecule is OCCC(F)(F)c1ccnc2ccccc12. The molecule has 16 heavy (non-hydrogen) atoms. The molecule has 2 aromatic rings. The fourth-order valence-electron chi connectivity index (χ4n) is 1.69. The van der Waals surface area contributed by atoms with E-state index in [-0.39, 0.29) is 5.56 Å². The van der Waals surface area contributed by atoms with Crippen molar-refractivity contribution in [3.05, 3.63) is 42.1 Å². The second-order valence-electron chi connectivity index (χ2n) is 3.55. The minimum absolute atomic E-state index is 0.0767. The molecule has 84 valence electrons. The van der Waals surface area contributed by atoms with E-state index in [1.165, 1.54) is 12.3 Å². The van der Waals surface area contributed by atoms with Gasteiger partial charge in [-0.15, -0.1) is 0 Å². The van der Waals surface area contributed by atoms with Gasteiger partial charge >= 0.3 is 0 Å². The van der Waals surface area contributed by atoms with Crippen LogP contribution in [0.1, 0.15) is 12.0 Å². The number of hydrogen-bond acceptors (Lipinski definition) is 2. The number of aromatic nitrogens is 1. The van der Waals surface area contributed by atoms with Gasteiger partial charge in [0.25, 0.3) is 5.92 Å². The van der Waals surface area contributed by atoms with Crippen LogP contribution in [0.15, 0.2) is 36.5 Å². The Morgan fingerprint density at radius 3 is 2.69 bits per heavy atom. The molecule has 0 fully saturated rings. The summed E-state index contributed by atoms with van der Waals surface area (Å²) < 4.78 is 27.4. The highest BCUT2D eigenvalue weighted by Crippen LogP contribution is 2.35. The van der Waals surface area contributed by atoms with Crippen LogP contribution in [0, 0.1) is 0 Å². The number of alkyl halides is 2. The van der Waals surface area contributed by atoms with Crippen LogP contribution in [-0.2, 0) is 5.92 Å². The number of benzene rings is 1. The molecule has 0 amide bonds. The fraction of sp³-hybridized carbons (Fsp3) is 0.250. The Balaban J connectivity index is 2.60. The van der Waals surface area contributed by atoms with Crippen molar-refractivity contribution in [2.45, 2.75) is 12.3 Å². The van der Waals surface area contributed by atoms with Crippen molar-refractivity contribution in [1.29, 1.82) is 0 Å². The molecule has 1 aromatic heterocycles. The molecule has 0 bridgehead atoms. The van der Waals surface area contributed by atoms with Crippen molar-refractivity contribution in [2.75, 3.05) is 6.61 Å². The lowest BCUT2D eigenvalue weighted by atomic mass is 10.0. The summed E-state index contributed by atoms with van der Waals surface area (Å²) in [7, 11) is 0. The lowest BCUT2D eigenvalue weighted by molar-refractivity contribution is -0.0255. The van der Waals surface area contributed by atoms with Gasteiger partial charge in [-0.3, -0.25) is 4.98 Å². The Morgan fingerprint density at radius 2 is 1.94 bits per heavy atom. The molecule has 1 aromatic carbocycles. The second kappa shape index (κ2) is 4.14. The Labute approximate surface area is 91.6 Å². The normalized spacial score (nSPS) is 11.9. The van der Waals surface area contributed by atoms with E-state index in [0.717, 1.165) is 0 Å². The van der Waals surface area contributed by atoms with Crippen LogP contribution in [0.3, 0.4) is 0 Å². The molecule has 0 radical (unpaired) electrons. The highest BCUT2D eigenvalue weighted by molar-refractivity contribution is 5.82. The van der Waals surface area contributed by atoms with Crippen LogP contribution < -0.4 is 0 Å². The molecule has 0 spiro atoms. The number of para-hydroxylation sites is 1. The molecule has 0 aliphatic rings. The van der Waals surface area contributed by atoms with E-state index in [0.29, 0.717) is 10.9 Å². The average molecular weight is 223 g/mol. The third-order valence-corrected chi connectivity index (χ3v) is 2.47. The van der Waals surface area contributed by atoms with Crippen molar-refractivity contribution in [1.82, 2.24) is 4.98 Å². The number of aliphatic hydroxyl groups is 1. The summed E-state index contributed by atoms with van der Waals surface area (Å²) in [5.74, 6) is -3.02. The summed E-state index contributed by atoms with van der Waals surface area (Å²) in [4.78, 5) is 4.02. The summed E-state index contributed by atoms with van der Waals surface area (Å²) in [6.07, 6.45) is 0.796. The summed E-state index contributed by atoms with van der Waals surface area (Å²) in [6, 6.07) is 8.06. The molecule has 0 atom stereocenters. The minimum Gasteiger partial charge on any atom is -0.396 e. The van der Waals surface area contributed by atoms with Gasteiger partial charge in [0.15, 0.2) is 0 Å². The highest BCUT2D eigenvalue weighted by Gasteiger charge is 2.32. The number of halogens is 2. The molecule has 0 saturated heterocycles. The van der Waals surface area contributed by atoms with Gasteiger partial charge in [0.1, 0.15) is 0 Å². The first-order valence-corrected chi connectivity index (χ1v) is 4.98. The summed E-state index contributed by atoms with van der Waals surface area (Å²) >= 11 is 0. The zero-order valence-corrected chi connectivity index (χ0v) is 8.53. The summed E-state index contributed by atoms with van der Waals surface area (Å²) in [5.41, 5.74) is 0.463. The molecule has 2 nitrogen and oxygen atoms in total. The smallest absolute Gasteiger partial charge is 0.276 e. The molecular weight excluding hydrogens is 212 g/mol. The van der Waals surface area contributed by atoms with Crippen molar-refractivity contribution in [2.24, 2.45) is 0 Å². The number of pyridine rings is 1. The van der Waals surface area contributed by atoms with E-state index in [2.05, 4.69) is 4.98 Å². The van der Waals surface area contributed by atoms with Gasteiger partial charge in [0, 0.05) is 30.2 Å².